The van der Waals surface area contributed by atoms with Crippen LogP contribution in [0.5, 0.6) is 5.75 Å². The minimum absolute atomic E-state index is 0.0251. The Morgan fingerprint density at radius 2 is 2.12 bits per heavy atom. The van der Waals surface area contributed by atoms with Crippen molar-refractivity contribution in [2.75, 3.05) is 26.2 Å². The molecule has 1 N–H and O–H groups in total. The smallest absolute Gasteiger partial charge is 0.220 e. The normalized spacial score (nSPS) is 20.4. The van der Waals surface area contributed by atoms with Crippen LogP contribution in [-0.4, -0.2) is 48.9 Å². The monoisotopic (exact) mass is 344 g/mol. The first-order valence-electron chi connectivity index (χ1n) is 9.35. The van der Waals surface area contributed by atoms with Crippen LogP contribution < -0.4 is 10.1 Å². The second-order valence-corrected chi connectivity index (χ2v) is 7.29. The third kappa shape index (κ3) is 5.85. The summed E-state index contributed by atoms with van der Waals surface area (Å²) < 4.78 is 5.64. The lowest BCUT2D eigenvalue weighted by Gasteiger charge is -2.16. The standard InChI is InChI=1S/C20H28N2O3/c1-15(23)17-4-2-5-19(12-17)25-11-3-6-20(24)21-18-9-10-22(14-18)13-16-7-8-16/h2,4-5,12,16,18H,3,6-11,13-14H2,1H3,(H,21,24). The first-order chi connectivity index (χ1) is 12.1. The van der Waals surface area contributed by atoms with E-state index in [0.29, 0.717) is 36.8 Å². The second-order valence-electron chi connectivity index (χ2n) is 7.29. The molecule has 1 heterocycles. The van der Waals surface area contributed by atoms with Crippen LogP contribution in [0.15, 0.2) is 24.3 Å². The Balaban J connectivity index is 1.30. The van der Waals surface area contributed by atoms with Gasteiger partial charge in [-0.2, -0.15) is 0 Å². The summed E-state index contributed by atoms with van der Waals surface area (Å²) in [5, 5.41) is 3.14. The highest BCUT2D eigenvalue weighted by atomic mass is 16.5. The van der Waals surface area contributed by atoms with Crippen molar-refractivity contribution < 1.29 is 14.3 Å². The number of nitrogens with zero attached hydrogens (tertiary/aromatic N) is 1. The number of benzene rings is 1. The van der Waals surface area contributed by atoms with Gasteiger partial charge in [0.15, 0.2) is 5.78 Å². The molecule has 25 heavy (non-hydrogen) atoms. The summed E-state index contributed by atoms with van der Waals surface area (Å²) >= 11 is 0. The molecule has 0 spiro atoms. The Labute approximate surface area is 149 Å². The number of ketones is 1. The van der Waals surface area contributed by atoms with Gasteiger partial charge in [-0.3, -0.25) is 9.59 Å². The number of nitrogens with one attached hydrogen (secondary N) is 1. The Morgan fingerprint density at radius 3 is 2.88 bits per heavy atom. The van der Waals surface area contributed by atoms with Gasteiger partial charge < -0.3 is 15.0 Å². The minimum Gasteiger partial charge on any atom is -0.494 e. The highest BCUT2D eigenvalue weighted by Crippen LogP contribution is 2.30. The summed E-state index contributed by atoms with van der Waals surface area (Å²) in [6.07, 6.45) is 4.97. The van der Waals surface area contributed by atoms with Gasteiger partial charge in [-0.05, 0) is 50.7 Å². The Hall–Kier alpha value is -1.88. The van der Waals surface area contributed by atoms with Gasteiger partial charge in [-0.25, -0.2) is 0 Å². The van der Waals surface area contributed by atoms with Gasteiger partial charge in [-0.15, -0.1) is 0 Å². The van der Waals surface area contributed by atoms with E-state index in [1.165, 1.54) is 26.3 Å². The molecule has 1 unspecified atom stereocenters. The Kier molecular flexibility index (Phi) is 6.08. The molecule has 1 atom stereocenters. The highest BCUT2D eigenvalue weighted by Gasteiger charge is 2.29. The molecule has 2 fully saturated rings. The summed E-state index contributed by atoms with van der Waals surface area (Å²) in [5.74, 6) is 1.73. The lowest BCUT2D eigenvalue weighted by atomic mass is 10.1. The molecule has 1 aromatic carbocycles. The highest BCUT2D eigenvalue weighted by molar-refractivity contribution is 5.94. The predicted molar refractivity (Wildman–Crippen MR) is 96.9 cm³/mol. The molecule has 0 radical (unpaired) electrons. The number of carbonyl (C=O) groups excluding carboxylic acids is 2. The minimum atomic E-state index is 0.0251. The van der Waals surface area contributed by atoms with Crippen molar-refractivity contribution in [1.29, 1.82) is 0 Å². The molecule has 1 saturated carbocycles. The summed E-state index contributed by atoms with van der Waals surface area (Å²) in [6, 6.07) is 7.47. The van der Waals surface area contributed by atoms with Crippen molar-refractivity contribution in [2.45, 2.75) is 45.1 Å². The van der Waals surface area contributed by atoms with Crippen molar-refractivity contribution in [2.24, 2.45) is 5.92 Å². The van der Waals surface area contributed by atoms with Crippen LogP contribution in [0.2, 0.25) is 0 Å². The number of likely N-dealkylation sites (tertiary alicyclic amines) is 1. The van der Waals surface area contributed by atoms with Crippen molar-refractivity contribution in [1.82, 2.24) is 10.2 Å². The maximum Gasteiger partial charge on any atom is 0.220 e. The van der Waals surface area contributed by atoms with Crippen LogP contribution in [0.3, 0.4) is 0 Å². The number of hydrogen-bond acceptors (Lipinski definition) is 4. The molecule has 1 aliphatic carbocycles. The van der Waals surface area contributed by atoms with Gasteiger partial charge in [0.1, 0.15) is 5.75 Å². The number of amides is 1. The zero-order chi connectivity index (χ0) is 17.6. The quantitative estimate of drug-likeness (QED) is 0.553. The van der Waals surface area contributed by atoms with Gasteiger partial charge in [0.05, 0.1) is 6.61 Å². The molecule has 5 heteroatoms. The molecule has 5 nitrogen and oxygen atoms in total. The van der Waals surface area contributed by atoms with Crippen LogP contribution in [0.4, 0.5) is 0 Å². The van der Waals surface area contributed by atoms with Crippen molar-refractivity contribution in [3.05, 3.63) is 29.8 Å². The summed E-state index contributed by atoms with van der Waals surface area (Å²) in [6.45, 7) is 5.33. The van der Waals surface area contributed by atoms with Gasteiger partial charge in [0.25, 0.3) is 0 Å². The van der Waals surface area contributed by atoms with E-state index < -0.39 is 0 Å². The third-order valence-corrected chi connectivity index (χ3v) is 4.91. The maximum atomic E-state index is 12.1. The molecular weight excluding hydrogens is 316 g/mol. The molecule has 0 bridgehead atoms. The van der Waals surface area contributed by atoms with Crippen molar-refractivity contribution in [3.63, 3.8) is 0 Å². The van der Waals surface area contributed by atoms with Crippen molar-refractivity contribution in [3.8, 4) is 5.75 Å². The topological polar surface area (TPSA) is 58.6 Å². The fourth-order valence-corrected chi connectivity index (χ4v) is 3.31. The zero-order valence-electron chi connectivity index (χ0n) is 15.0. The number of ether oxygens (including phenoxy) is 1. The Morgan fingerprint density at radius 1 is 1.28 bits per heavy atom. The lowest BCUT2D eigenvalue weighted by molar-refractivity contribution is -0.121. The fraction of sp³-hybridized carbons (Fsp3) is 0.600. The molecule has 1 amide bonds. The molecule has 1 saturated heterocycles. The molecule has 136 valence electrons. The largest absolute Gasteiger partial charge is 0.494 e. The summed E-state index contributed by atoms with van der Waals surface area (Å²) in [5.41, 5.74) is 0.646. The SMILES string of the molecule is CC(=O)c1cccc(OCCCC(=O)NC2CCN(CC3CC3)C2)c1. The maximum absolute atomic E-state index is 12.1. The molecule has 1 aromatic rings. The molecular formula is C20H28N2O3. The van der Waals surface area contributed by atoms with Gasteiger partial charge in [-0.1, -0.05) is 12.1 Å². The van der Waals surface area contributed by atoms with Crippen LogP contribution in [0.25, 0.3) is 0 Å². The number of hydrogen-bond donors (Lipinski definition) is 1. The van der Waals surface area contributed by atoms with E-state index in [1.807, 2.05) is 12.1 Å². The number of Topliss-reactive ketones (excluding diaryl/α,β-unsaturated/α-hetero) is 1. The van der Waals surface area contributed by atoms with E-state index in [0.717, 1.165) is 25.4 Å². The van der Waals surface area contributed by atoms with Crippen LogP contribution in [0, 0.1) is 5.92 Å². The molecule has 0 aromatic heterocycles. The zero-order valence-corrected chi connectivity index (χ0v) is 15.0. The van der Waals surface area contributed by atoms with Gasteiger partial charge in [0.2, 0.25) is 5.91 Å². The number of carbonyl (C=O) groups is 2. The average Bonchev–Trinajstić information content (AvgIpc) is 3.30. The molecule has 2 aliphatic rings. The van der Waals surface area contributed by atoms with Crippen LogP contribution in [0.1, 0.15) is 49.4 Å². The van der Waals surface area contributed by atoms with Gasteiger partial charge >= 0.3 is 0 Å². The summed E-state index contributed by atoms with van der Waals surface area (Å²) in [4.78, 5) is 25.9. The van der Waals surface area contributed by atoms with E-state index >= 15 is 0 Å². The lowest BCUT2D eigenvalue weighted by Crippen LogP contribution is -2.37. The van der Waals surface area contributed by atoms with Crippen LogP contribution >= 0.6 is 0 Å². The summed E-state index contributed by atoms with van der Waals surface area (Å²) in [7, 11) is 0. The van der Waals surface area contributed by atoms with E-state index in [-0.39, 0.29) is 11.7 Å². The molecule has 1 aliphatic heterocycles. The number of rotatable bonds is 9. The molecule has 3 rings (SSSR count). The van der Waals surface area contributed by atoms with E-state index in [4.69, 9.17) is 4.74 Å². The first-order valence-corrected chi connectivity index (χ1v) is 9.35. The van der Waals surface area contributed by atoms with E-state index in [9.17, 15) is 9.59 Å². The van der Waals surface area contributed by atoms with E-state index in [2.05, 4.69) is 10.2 Å². The predicted octanol–water partition coefficient (Wildman–Crippen LogP) is 2.65. The second kappa shape index (κ2) is 8.48. The average molecular weight is 344 g/mol. The van der Waals surface area contributed by atoms with Gasteiger partial charge in [0, 0.05) is 37.7 Å². The Bertz CT molecular complexity index is 613. The van der Waals surface area contributed by atoms with Crippen molar-refractivity contribution >= 4 is 11.7 Å². The first kappa shape index (κ1) is 17.9. The van der Waals surface area contributed by atoms with E-state index in [1.54, 1.807) is 12.1 Å². The fourth-order valence-electron chi connectivity index (χ4n) is 3.31. The van der Waals surface area contributed by atoms with Crippen LogP contribution in [-0.2, 0) is 4.79 Å². The third-order valence-electron chi connectivity index (χ3n) is 4.91.